The zero-order chi connectivity index (χ0) is 14.7. The second-order valence-corrected chi connectivity index (χ2v) is 4.48. The fourth-order valence-electron chi connectivity index (χ4n) is 1.92. The Labute approximate surface area is 105 Å². The Bertz CT molecular complexity index is 319. The molecule has 0 bridgehead atoms. The average molecular weight is 292 g/mol. The maximum absolute atomic E-state index is 12.9. The molecular weight excluding hydrogens is 278 g/mol. The number of hydrogen-bond donors (Lipinski definition) is 2. The van der Waals surface area contributed by atoms with E-state index in [-0.39, 0.29) is 6.54 Å². The summed E-state index contributed by atoms with van der Waals surface area (Å²) in [5.41, 5.74) is -2.52. The molecule has 0 radical (unpaired) electrons. The van der Waals surface area contributed by atoms with Crippen LogP contribution in [0, 0.1) is 5.41 Å². The third-order valence-electron chi connectivity index (χ3n) is 3.06. The van der Waals surface area contributed by atoms with Crippen LogP contribution in [0.4, 0.5) is 26.3 Å². The molecule has 0 saturated carbocycles. The Morgan fingerprint density at radius 1 is 1.21 bits per heavy atom. The van der Waals surface area contributed by atoms with Crippen molar-refractivity contribution >= 4 is 5.91 Å². The van der Waals surface area contributed by atoms with Crippen LogP contribution in [0.5, 0.6) is 0 Å². The molecule has 0 aromatic heterocycles. The molecule has 0 aromatic carbocycles. The van der Waals surface area contributed by atoms with Crippen molar-refractivity contribution in [1.82, 2.24) is 10.6 Å². The largest absolute Gasteiger partial charge is 0.404 e. The summed E-state index contributed by atoms with van der Waals surface area (Å²) in [6, 6.07) is 0. The van der Waals surface area contributed by atoms with Crippen molar-refractivity contribution < 1.29 is 31.1 Å². The highest BCUT2D eigenvalue weighted by Crippen LogP contribution is 2.43. The van der Waals surface area contributed by atoms with E-state index in [1.54, 1.807) is 0 Å². The van der Waals surface area contributed by atoms with Crippen molar-refractivity contribution in [2.45, 2.75) is 31.6 Å². The monoisotopic (exact) mass is 292 g/mol. The summed E-state index contributed by atoms with van der Waals surface area (Å²) in [4.78, 5) is 11.6. The summed E-state index contributed by atoms with van der Waals surface area (Å²) in [6.45, 7) is -0.909. The van der Waals surface area contributed by atoms with Gasteiger partial charge in [-0.2, -0.15) is 26.3 Å². The van der Waals surface area contributed by atoms with Crippen LogP contribution in [-0.2, 0) is 4.79 Å². The number of nitrogens with one attached hydrogen (secondary N) is 2. The lowest BCUT2D eigenvalue weighted by atomic mass is 9.85. The predicted molar refractivity (Wildman–Crippen MR) is 54.3 cm³/mol. The van der Waals surface area contributed by atoms with E-state index in [0.717, 1.165) is 0 Å². The fraction of sp³-hybridized carbons (Fsp3) is 0.900. The molecule has 1 unspecified atom stereocenters. The molecule has 1 heterocycles. The first-order valence-corrected chi connectivity index (χ1v) is 5.71. The van der Waals surface area contributed by atoms with E-state index in [4.69, 9.17) is 0 Å². The summed E-state index contributed by atoms with van der Waals surface area (Å²) in [5.74, 6) is -1.26. The van der Waals surface area contributed by atoms with Crippen LogP contribution in [0.15, 0.2) is 0 Å². The molecule has 0 aliphatic carbocycles. The van der Waals surface area contributed by atoms with Crippen molar-refractivity contribution in [3.8, 4) is 0 Å². The Balaban J connectivity index is 2.51. The van der Waals surface area contributed by atoms with Gasteiger partial charge < -0.3 is 10.6 Å². The topological polar surface area (TPSA) is 41.1 Å². The molecule has 1 rings (SSSR count). The molecule has 1 saturated heterocycles. The van der Waals surface area contributed by atoms with Crippen LogP contribution in [0.2, 0.25) is 0 Å². The molecule has 0 spiro atoms. The summed E-state index contributed by atoms with van der Waals surface area (Å²) in [7, 11) is 0. The SMILES string of the molecule is O=C(NCCCC(F)(F)F)C1(C(F)(F)F)CCNC1. The van der Waals surface area contributed by atoms with Crippen LogP contribution >= 0.6 is 0 Å². The van der Waals surface area contributed by atoms with Gasteiger partial charge in [-0.1, -0.05) is 0 Å². The van der Waals surface area contributed by atoms with E-state index in [0.29, 0.717) is 0 Å². The van der Waals surface area contributed by atoms with Crippen LogP contribution in [0.3, 0.4) is 0 Å². The highest BCUT2D eigenvalue weighted by molar-refractivity contribution is 5.84. The summed E-state index contributed by atoms with van der Waals surface area (Å²) >= 11 is 0. The van der Waals surface area contributed by atoms with Gasteiger partial charge in [0.1, 0.15) is 0 Å². The zero-order valence-electron chi connectivity index (χ0n) is 9.92. The summed E-state index contributed by atoms with van der Waals surface area (Å²) in [5, 5.41) is 4.40. The number of hydrogen-bond acceptors (Lipinski definition) is 2. The van der Waals surface area contributed by atoms with Gasteiger partial charge in [0.25, 0.3) is 0 Å². The van der Waals surface area contributed by atoms with E-state index in [1.807, 2.05) is 5.32 Å². The average Bonchev–Trinajstić information content (AvgIpc) is 2.72. The summed E-state index contributed by atoms with van der Waals surface area (Å²) in [6.07, 6.45) is -11.1. The Hall–Kier alpha value is -0.990. The lowest BCUT2D eigenvalue weighted by Gasteiger charge is -2.29. The van der Waals surface area contributed by atoms with Crippen molar-refractivity contribution in [1.29, 1.82) is 0 Å². The third kappa shape index (κ3) is 3.99. The van der Waals surface area contributed by atoms with Gasteiger partial charge in [-0.05, 0) is 19.4 Å². The fourth-order valence-corrected chi connectivity index (χ4v) is 1.92. The van der Waals surface area contributed by atoms with Crippen LogP contribution in [0.25, 0.3) is 0 Å². The number of carbonyl (C=O) groups is 1. The van der Waals surface area contributed by atoms with Crippen LogP contribution in [0.1, 0.15) is 19.3 Å². The number of halogens is 6. The minimum Gasteiger partial charge on any atom is -0.355 e. The molecule has 0 aromatic rings. The number of alkyl halides is 6. The molecule has 1 fully saturated rings. The molecule has 2 N–H and O–H groups in total. The lowest BCUT2D eigenvalue weighted by molar-refractivity contribution is -0.216. The lowest BCUT2D eigenvalue weighted by Crippen LogP contribution is -2.52. The van der Waals surface area contributed by atoms with E-state index in [9.17, 15) is 31.1 Å². The number of carbonyl (C=O) groups excluding carboxylic acids is 1. The van der Waals surface area contributed by atoms with Gasteiger partial charge in [0, 0.05) is 19.5 Å². The van der Waals surface area contributed by atoms with Gasteiger partial charge in [-0.25, -0.2) is 0 Å². The maximum atomic E-state index is 12.9. The van der Waals surface area contributed by atoms with Crippen LogP contribution < -0.4 is 10.6 Å². The third-order valence-corrected chi connectivity index (χ3v) is 3.06. The first-order chi connectivity index (χ1) is 8.58. The molecular formula is C10H14F6N2O. The molecule has 1 atom stereocenters. The maximum Gasteiger partial charge on any atom is 0.404 e. The molecule has 112 valence electrons. The van der Waals surface area contributed by atoms with Gasteiger partial charge in [0.15, 0.2) is 5.41 Å². The van der Waals surface area contributed by atoms with Gasteiger partial charge in [0.2, 0.25) is 5.91 Å². The molecule has 1 aliphatic rings. The van der Waals surface area contributed by atoms with E-state index in [2.05, 4.69) is 5.32 Å². The highest BCUT2D eigenvalue weighted by atomic mass is 19.4. The van der Waals surface area contributed by atoms with Crippen molar-refractivity contribution in [3.05, 3.63) is 0 Å². The van der Waals surface area contributed by atoms with Gasteiger partial charge in [0.05, 0.1) is 0 Å². The Kier molecular flexibility index (Phi) is 4.70. The first-order valence-electron chi connectivity index (χ1n) is 5.71. The number of amides is 1. The smallest absolute Gasteiger partial charge is 0.355 e. The van der Waals surface area contributed by atoms with E-state index >= 15 is 0 Å². The van der Waals surface area contributed by atoms with Crippen molar-refractivity contribution in [3.63, 3.8) is 0 Å². The van der Waals surface area contributed by atoms with E-state index in [1.165, 1.54) is 0 Å². The Morgan fingerprint density at radius 2 is 1.84 bits per heavy atom. The molecule has 9 heteroatoms. The summed E-state index contributed by atoms with van der Waals surface area (Å²) < 4.78 is 74.2. The minimum absolute atomic E-state index is 0.0511. The van der Waals surface area contributed by atoms with E-state index < -0.39 is 56.0 Å². The first kappa shape index (κ1) is 16.1. The van der Waals surface area contributed by atoms with Gasteiger partial charge in [-0.15, -0.1) is 0 Å². The molecule has 3 nitrogen and oxygen atoms in total. The molecule has 1 amide bonds. The normalized spacial score (nSPS) is 24.5. The Morgan fingerprint density at radius 3 is 2.26 bits per heavy atom. The molecule has 19 heavy (non-hydrogen) atoms. The highest BCUT2D eigenvalue weighted by Gasteiger charge is 2.61. The second kappa shape index (κ2) is 5.56. The quantitative estimate of drug-likeness (QED) is 0.614. The minimum atomic E-state index is -4.72. The predicted octanol–water partition coefficient (Wildman–Crippen LogP) is 1.99. The second-order valence-electron chi connectivity index (χ2n) is 4.48. The van der Waals surface area contributed by atoms with Crippen molar-refractivity contribution in [2.24, 2.45) is 5.41 Å². The van der Waals surface area contributed by atoms with Crippen LogP contribution in [-0.4, -0.2) is 37.9 Å². The van der Waals surface area contributed by atoms with Gasteiger partial charge >= 0.3 is 12.4 Å². The van der Waals surface area contributed by atoms with Crippen molar-refractivity contribution in [2.75, 3.05) is 19.6 Å². The number of rotatable bonds is 4. The standard InChI is InChI=1S/C10H14F6N2O/c11-9(12,13)2-1-4-18-7(19)8(10(14,15)16)3-5-17-6-8/h17H,1-6H2,(H,18,19). The zero-order valence-corrected chi connectivity index (χ0v) is 9.92. The van der Waals surface area contributed by atoms with Gasteiger partial charge in [-0.3, -0.25) is 4.79 Å². The molecule has 1 aliphatic heterocycles.